The molecule has 4 nitrogen and oxygen atoms in total. The number of rotatable bonds is 11. The van der Waals surface area contributed by atoms with E-state index < -0.39 is 0 Å². The lowest BCUT2D eigenvalue weighted by Gasteiger charge is -2.18. The van der Waals surface area contributed by atoms with Gasteiger partial charge in [0.05, 0.1) is 20.8 Å². The second kappa shape index (κ2) is 10.7. The highest BCUT2D eigenvalue weighted by atomic mass is 16.5. The van der Waals surface area contributed by atoms with Crippen molar-refractivity contribution >= 4 is 0 Å². The van der Waals surface area contributed by atoms with Gasteiger partial charge in [0.25, 0.3) is 0 Å². The standard InChI is InChI=1S/C22H31NO3/c1-4-5-6-13-26-20-10-7-17(8-11-20)14-19(16-23)18-9-12-21(24-2)22(15-18)25-3/h7-12,15,19H,4-6,13-14,16,23H2,1-3H3. The van der Waals surface area contributed by atoms with Crippen LogP contribution in [0.15, 0.2) is 42.5 Å². The van der Waals surface area contributed by atoms with Gasteiger partial charge in [0.15, 0.2) is 11.5 Å². The summed E-state index contributed by atoms with van der Waals surface area (Å²) in [7, 11) is 3.29. The normalized spacial score (nSPS) is 11.8. The number of hydrogen-bond donors (Lipinski definition) is 1. The Bertz CT molecular complexity index is 655. The van der Waals surface area contributed by atoms with Crippen LogP contribution in [-0.2, 0) is 6.42 Å². The van der Waals surface area contributed by atoms with Crippen molar-refractivity contribution in [2.45, 2.75) is 38.5 Å². The number of hydrogen-bond acceptors (Lipinski definition) is 4. The van der Waals surface area contributed by atoms with Gasteiger partial charge in [-0.25, -0.2) is 0 Å². The van der Waals surface area contributed by atoms with Crippen LogP contribution < -0.4 is 19.9 Å². The monoisotopic (exact) mass is 357 g/mol. The summed E-state index contributed by atoms with van der Waals surface area (Å²) in [6.45, 7) is 3.55. The number of unbranched alkanes of at least 4 members (excludes halogenated alkanes) is 2. The minimum Gasteiger partial charge on any atom is -0.494 e. The largest absolute Gasteiger partial charge is 0.494 e. The summed E-state index contributed by atoms with van der Waals surface area (Å²) in [6, 6.07) is 14.3. The maximum Gasteiger partial charge on any atom is 0.160 e. The molecule has 1 atom stereocenters. The zero-order valence-electron chi connectivity index (χ0n) is 16.2. The van der Waals surface area contributed by atoms with Gasteiger partial charge in [-0.15, -0.1) is 0 Å². The van der Waals surface area contributed by atoms with Crippen LogP contribution in [0.2, 0.25) is 0 Å². The molecule has 2 N–H and O–H groups in total. The van der Waals surface area contributed by atoms with Gasteiger partial charge in [-0.3, -0.25) is 0 Å². The van der Waals surface area contributed by atoms with E-state index in [1.165, 1.54) is 18.4 Å². The molecule has 0 heterocycles. The molecule has 0 radical (unpaired) electrons. The smallest absolute Gasteiger partial charge is 0.160 e. The van der Waals surface area contributed by atoms with Crippen molar-refractivity contribution < 1.29 is 14.2 Å². The summed E-state index contributed by atoms with van der Waals surface area (Å²) < 4.78 is 16.5. The van der Waals surface area contributed by atoms with Gasteiger partial charge in [-0.2, -0.15) is 0 Å². The van der Waals surface area contributed by atoms with E-state index in [9.17, 15) is 0 Å². The molecule has 0 aliphatic rings. The molecular formula is C22H31NO3. The predicted octanol–water partition coefficient (Wildman–Crippen LogP) is 4.56. The number of methoxy groups -OCH3 is 2. The molecule has 26 heavy (non-hydrogen) atoms. The maximum absolute atomic E-state index is 6.04. The quantitative estimate of drug-likeness (QED) is 0.599. The average Bonchev–Trinajstić information content (AvgIpc) is 2.70. The topological polar surface area (TPSA) is 53.7 Å². The average molecular weight is 357 g/mol. The lowest BCUT2D eigenvalue weighted by atomic mass is 9.92. The van der Waals surface area contributed by atoms with Crippen LogP contribution >= 0.6 is 0 Å². The lowest BCUT2D eigenvalue weighted by molar-refractivity contribution is 0.306. The van der Waals surface area contributed by atoms with Crippen molar-refractivity contribution in [1.82, 2.24) is 0 Å². The van der Waals surface area contributed by atoms with Gasteiger partial charge in [0.2, 0.25) is 0 Å². The Morgan fingerprint density at radius 1 is 0.923 bits per heavy atom. The highest BCUT2D eigenvalue weighted by Gasteiger charge is 2.14. The highest BCUT2D eigenvalue weighted by molar-refractivity contribution is 5.44. The molecule has 142 valence electrons. The first-order valence-electron chi connectivity index (χ1n) is 9.35. The Kier molecular flexibility index (Phi) is 8.29. The van der Waals surface area contributed by atoms with Gasteiger partial charge in [-0.1, -0.05) is 38.0 Å². The molecule has 0 spiro atoms. The van der Waals surface area contributed by atoms with Crippen LogP contribution in [0, 0.1) is 0 Å². The summed E-state index contributed by atoms with van der Waals surface area (Å²) in [4.78, 5) is 0. The van der Waals surface area contributed by atoms with Crippen molar-refractivity contribution in [3.63, 3.8) is 0 Å². The van der Waals surface area contributed by atoms with Gasteiger partial charge in [-0.05, 0) is 54.8 Å². The summed E-state index contributed by atoms with van der Waals surface area (Å²) in [5, 5.41) is 0. The molecule has 0 aliphatic carbocycles. The van der Waals surface area contributed by atoms with E-state index in [-0.39, 0.29) is 5.92 Å². The van der Waals surface area contributed by atoms with E-state index in [2.05, 4.69) is 25.1 Å². The fourth-order valence-electron chi connectivity index (χ4n) is 2.99. The first kappa shape index (κ1) is 20.1. The molecule has 0 saturated carbocycles. The third-order valence-corrected chi connectivity index (χ3v) is 4.59. The van der Waals surface area contributed by atoms with Gasteiger partial charge < -0.3 is 19.9 Å². The predicted molar refractivity (Wildman–Crippen MR) is 107 cm³/mol. The second-order valence-electron chi connectivity index (χ2n) is 6.45. The summed E-state index contributed by atoms with van der Waals surface area (Å²) in [5.41, 5.74) is 8.45. The Hall–Kier alpha value is -2.20. The minimum absolute atomic E-state index is 0.228. The molecule has 2 rings (SSSR count). The molecule has 0 bridgehead atoms. The first-order chi connectivity index (χ1) is 12.7. The summed E-state index contributed by atoms with van der Waals surface area (Å²) in [6.07, 6.45) is 4.40. The van der Waals surface area contributed by atoms with Gasteiger partial charge in [0, 0.05) is 5.92 Å². The van der Waals surface area contributed by atoms with E-state index in [1.54, 1.807) is 14.2 Å². The Balaban J connectivity index is 2.01. The summed E-state index contributed by atoms with van der Waals surface area (Å²) >= 11 is 0. The molecule has 4 heteroatoms. The van der Waals surface area contributed by atoms with Crippen molar-refractivity contribution in [1.29, 1.82) is 0 Å². The van der Waals surface area contributed by atoms with Crippen molar-refractivity contribution in [2.24, 2.45) is 5.73 Å². The van der Waals surface area contributed by atoms with Gasteiger partial charge >= 0.3 is 0 Å². The zero-order chi connectivity index (χ0) is 18.8. The Labute approximate surface area is 157 Å². The van der Waals surface area contributed by atoms with E-state index in [0.717, 1.165) is 42.3 Å². The second-order valence-corrected chi connectivity index (χ2v) is 6.45. The van der Waals surface area contributed by atoms with E-state index in [4.69, 9.17) is 19.9 Å². The highest BCUT2D eigenvalue weighted by Crippen LogP contribution is 2.31. The van der Waals surface area contributed by atoms with Crippen molar-refractivity contribution in [3.8, 4) is 17.2 Å². The number of nitrogens with two attached hydrogens (primary N) is 1. The Morgan fingerprint density at radius 2 is 1.65 bits per heavy atom. The number of benzene rings is 2. The van der Waals surface area contributed by atoms with Crippen LogP contribution in [0.4, 0.5) is 0 Å². The number of ether oxygens (including phenoxy) is 3. The molecule has 2 aromatic carbocycles. The van der Waals surface area contributed by atoms with Crippen molar-refractivity contribution in [2.75, 3.05) is 27.4 Å². The molecule has 0 amide bonds. The SMILES string of the molecule is CCCCCOc1ccc(CC(CN)c2ccc(OC)c(OC)c2)cc1. The van der Waals surface area contributed by atoms with Gasteiger partial charge in [0.1, 0.15) is 5.75 Å². The van der Waals surface area contributed by atoms with E-state index in [1.807, 2.05) is 24.3 Å². The third-order valence-electron chi connectivity index (χ3n) is 4.59. The van der Waals surface area contributed by atoms with E-state index >= 15 is 0 Å². The fourth-order valence-corrected chi connectivity index (χ4v) is 2.99. The van der Waals surface area contributed by atoms with Crippen molar-refractivity contribution in [3.05, 3.63) is 53.6 Å². The van der Waals surface area contributed by atoms with Crippen LogP contribution in [0.1, 0.15) is 43.2 Å². The van der Waals surface area contributed by atoms with E-state index in [0.29, 0.717) is 6.54 Å². The molecule has 0 aromatic heterocycles. The Morgan fingerprint density at radius 3 is 2.27 bits per heavy atom. The third kappa shape index (κ3) is 5.67. The molecule has 0 aliphatic heterocycles. The maximum atomic E-state index is 6.04. The molecule has 0 saturated heterocycles. The molecule has 0 fully saturated rings. The first-order valence-corrected chi connectivity index (χ1v) is 9.35. The van der Waals surface area contributed by atoms with Crippen LogP contribution in [0.3, 0.4) is 0 Å². The molecular weight excluding hydrogens is 326 g/mol. The van der Waals surface area contributed by atoms with Crippen LogP contribution in [-0.4, -0.2) is 27.4 Å². The van der Waals surface area contributed by atoms with Crippen LogP contribution in [0.5, 0.6) is 17.2 Å². The summed E-state index contributed by atoms with van der Waals surface area (Å²) in [5.74, 6) is 2.63. The fraction of sp³-hybridized carbons (Fsp3) is 0.455. The molecule has 1 unspecified atom stereocenters. The zero-order valence-corrected chi connectivity index (χ0v) is 16.2. The molecule has 2 aromatic rings. The van der Waals surface area contributed by atoms with Crippen LogP contribution in [0.25, 0.3) is 0 Å². The lowest BCUT2D eigenvalue weighted by Crippen LogP contribution is -2.15. The minimum atomic E-state index is 0.228.